The minimum absolute atomic E-state index is 0.298. The zero-order chi connectivity index (χ0) is 14.8. The molecule has 0 N–H and O–H groups in total. The monoisotopic (exact) mass is 422 g/mol. The molecule has 3 rings (SSSR count). The predicted molar refractivity (Wildman–Crippen MR) is 98.5 cm³/mol. The summed E-state index contributed by atoms with van der Waals surface area (Å²) in [6.07, 6.45) is 0.944. The number of alkyl halides is 1. The third-order valence-corrected chi connectivity index (χ3v) is 5.11. The average Bonchev–Trinajstić information content (AvgIpc) is 2.49. The minimum Gasteiger partial charge on any atom is -0.0843 e. The smallest absolute Gasteiger partial charge is 0.0435 e. The highest BCUT2D eigenvalue weighted by Gasteiger charge is 2.09. The third kappa shape index (κ3) is 3.68. The summed E-state index contributed by atoms with van der Waals surface area (Å²) in [7, 11) is 0. The Morgan fingerprint density at radius 2 is 1.52 bits per heavy atom. The van der Waals surface area contributed by atoms with Gasteiger partial charge >= 0.3 is 0 Å². The van der Waals surface area contributed by atoms with Crippen molar-refractivity contribution < 1.29 is 0 Å². The van der Waals surface area contributed by atoms with E-state index in [0.717, 1.165) is 15.9 Å². The average molecular weight is 425 g/mol. The Labute approximate surface area is 146 Å². The summed E-state index contributed by atoms with van der Waals surface area (Å²) in [4.78, 5) is 0.298. The standard InChI is InChI=1S/C18H13Br2Cl/c19-16-6-5-13-10-15(4-3-14(13)11-16)18(20)9-12-1-7-17(21)8-2-12/h1-8,10-11,18H,9H2. The second-order valence-electron chi connectivity index (χ2n) is 5.05. The maximum atomic E-state index is 5.93. The van der Waals surface area contributed by atoms with Crippen molar-refractivity contribution in [3.05, 3.63) is 81.3 Å². The Kier molecular flexibility index (Phi) is 4.68. The summed E-state index contributed by atoms with van der Waals surface area (Å²) in [5.74, 6) is 0. The van der Waals surface area contributed by atoms with Crippen LogP contribution in [0.5, 0.6) is 0 Å². The maximum absolute atomic E-state index is 5.93. The van der Waals surface area contributed by atoms with Gasteiger partial charge in [-0.2, -0.15) is 0 Å². The van der Waals surface area contributed by atoms with Crippen LogP contribution in [0.2, 0.25) is 5.02 Å². The summed E-state index contributed by atoms with van der Waals surface area (Å²) in [6, 6.07) is 21.0. The molecule has 0 aliphatic heterocycles. The molecule has 0 radical (unpaired) electrons. The van der Waals surface area contributed by atoms with E-state index in [-0.39, 0.29) is 0 Å². The Morgan fingerprint density at radius 3 is 2.29 bits per heavy atom. The van der Waals surface area contributed by atoms with E-state index in [1.165, 1.54) is 21.9 Å². The molecule has 0 fully saturated rings. The Bertz CT molecular complexity index is 766. The van der Waals surface area contributed by atoms with Crippen molar-refractivity contribution in [1.29, 1.82) is 0 Å². The lowest BCUT2D eigenvalue weighted by atomic mass is 10.0. The number of rotatable bonds is 3. The molecular formula is C18H13Br2Cl. The zero-order valence-corrected chi connectivity index (χ0v) is 15.1. The van der Waals surface area contributed by atoms with E-state index >= 15 is 0 Å². The van der Waals surface area contributed by atoms with Crippen molar-refractivity contribution in [3.63, 3.8) is 0 Å². The van der Waals surface area contributed by atoms with E-state index in [2.05, 4.69) is 80.4 Å². The lowest BCUT2D eigenvalue weighted by molar-refractivity contribution is 0.951. The lowest BCUT2D eigenvalue weighted by Gasteiger charge is -2.12. The molecule has 0 spiro atoms. The van der Waals surface area contributed by atoms with Gasteiger partial charge in [-0.1, -0.05) is 79.9 Å². The van der Waals surface area contributed by atoms with Gasteiger partial charge in [0.25, 0.3) is 0 Å². The van der Waals surface area contributed by atoms with Crippen LogP contribution in [-0.2, 0) is 6.42 Å². The van der Waals surface area contributed by atoms with Gasteiger partial charge in [-0.05, 0) is 52.6 Å². The van der Waals surface area contributed by atoms with E-state index < -0.39 is 0 Å². The molecule has 3 aromatic carbocycles. The van der Waals surface area contributed by atoms with Crippen molar-refractivity contribution in [2.45, 2.75) is 11.2 Å². The molecular weight excluding hydrogens is 411 g/mol. The first-order valence-electron chi connectivity index (χ1n) is 6.69. The largest absolute Gasteiger partial charge is 0.0843 e. The van der Waals surface area contributed by atoms with Crippen molar-refractivity contribution in [2.75, 3.05) is 0 Å². The normalized spacial score (nSPS) is 12.5. The first-order valence-corrected chi connectivity index (χ1v) is 8.78. The second kappa shape index (κ2) is 6.51. The molecule has 3 aromatic rings. The van der Waals surface area contributed by atoms with E-state index in [0.29, 0.717) is 4.83 Å². The van der Waals surface area contributed by atoms with Crippen molar-refractivity contribution in [2.24, 2.45) is 0 Å². The van der Waals surface area contributed by atoms with Gasteiger partial charge in [0, 0.05) is 14.3 Å². The maximum Gasteiger partial charge on any atom is 0.0435 e. The van der Waals surface area contributed by atoms with Crippen LogP contribution in [0.3, 0.4) is 0 Å². The van der Waals surface area contributed by atoms with Gasteiger partial charge in [-0.25, -0.2) is 0 Å². The number of benzene rings is 3. The van der Waals surface area contributed by atoms with Crippen LogP contribution >= 0.6 is 43.5 Å². The Hall–Kier alpha value is -0.830. The first-order chi connectivity index (χ1) is 10.1. The first kappa shape index (κ1) is 15.1. The third-order valence-electron chi connectivity index (χ3n) is 3.52. The van der Waals surface area contributed by atoms with Gasteiger partial charge in [0.2, 0.25) is 0 Å². The van der Waals surface area contributed by atoms with Crippen LogP contribution in [-0.4, -0.2) is 0 Å². The molecule has 0 saturated carbocycles. The number of fused-ring (bicyclic) bond motifs is 1. The SMILES string of the molecule is Clc1ccc(CC(Br)c2ccc3cc(Br)ccc3c2)cc1. The molecule has 0 amide bonds. The molecule has 0 aromatic heterocycles. The van der Waals surface area contributed by atoms with Crippen LogP contribution < -0.4 is 0 Å². The fraction of sp³-hybridized carbons (Fsp3) is 0.111. The highest BCUT2D eigenvalue weighted by Crippen LogP contribution is 2.30. The number of hydrogen-bond donors (Lipinski definition) is 0. The fourth-order valence-corrected chi connectivity index (χ4v) is 3.54. The van der Waals surface area contributed by atoms with Crippen molar-refractivity contribution in [3.8, 4) is 0 Å². The quantitative estimate of drug-likeness (QED) is 0.400. The van der Waals surface area contributed by atoms with E-state index in [1.807, 2.05) is 12.1 Å². The highest BCUT2D eigenvalue weighted by atomic mass is 79.9. The van der Waals surface area contributed by atoms with Crippen molar-refractivity contribution in [1.82, 2.24) is 0 Å². The van der Waals surface area contributed by atoms with Gasteiger partial charge in [-0.15, -0.1) is 0 Å². The topological polar surface area (TPSA) is 0 Å². The molecule has 21 heavy (non-hydrogen) atoms. The molecule has 1 atom stereocenters. The molecule has 0 aliphatic rings. The molecule has 0 bridgehead atoms. The van der Waals surface area contributed by atoms with Crippen LogP contribution in [0, 0.1) is 0 Å². The van der Waals surface area contributed by atoms with Crippen LogP contribution in [0.4, 0.5) is 0 Å². The molecule has 1 unspecified atom stereocenters. The minimum atomic E-state index is 0.298. The fourth-order valence-electron chi connectivity index (χ4n) is 2.38. The molecule has 0 heterocycles. The van der Waals surface area contributed by atoms with E-state index in [9.17, 15) is 0 Å². The van der Waals surface area contributed by atoms with E-state index in [1.54, 1.807) is 0 Å². The number of halogens is 3. The predicted octanol–water partition coefficient (Wildman–Crippen LogP) is 6.93. The second-order valence-corrected chi connectivity index (χ2v) is 7.51. The van der Waals surface area contributed by atoms with Gasteiger partial charge in [-0.3, -0.25) is 0 Å². The summed E-state index contributed by atoms with van der Waals surface area (Å²) < 4.78 is 1.11. The summed E-state index contributed by atoms with van der Waals surface area (Å²) >= 11 is 13.2. The van der Waals surface area contributed by atoms with Gasteiger partial charge in [0.1, 0.15) is 0 Å². The lowest BCUT2D eigenvalue weighted by Crippen LogP contribution is -1.95. The summed E-state index contributed by atoms with van der Waals surface area (Å²) in [5.41, 5.74) is 2.57. The van der Waals surface area contributed by atoms with Gasteiger partial charge < -0.3 is 0 Å². The van der Waals surface area contributed by atoms with Gasteiger partial charge in [0.05, 0.1) is 0 Å². The van der Waals surface area contributed by atoms with Crippen LogP contribution in [0.25, 0.3) is 10.8 Å². The van der Waals surface area contributed by atoms with E-state index in [4.69, 9.17) is 11.6 Å². The summed E-state index contributed by atoms with van der Waals surface area (Å²) in [5, 5.41) is 3.29. The Balaban J connectivity index is 1.85. The zero-order valence-electron chi connectivity index (χ0n) is 11.2. The molecule has 0 nitrogen and oxygen atoms in total. The molecule has 106 valence electrons. The van der Waals surface area contributed by atoms with Crippen molar-refractivity contribution >= 4 is 54.2 Å². The number of hydrogen-bond acceptors (Lipinski definition) is 0. The molecule has 0 saturated heterocycles. The van der Waals surface area contributed by atoms with Gasteiger partial charge in [0.15, 0.2) is 0 Å². The van der Waals surface area contributed by atoms with Crippen LogP contribution in [0.15, 0.2) is 65.1 Å². The van der Waals surface area contributed by atoms with Crippen LogP contribution in [0.1, 0.15) is 16.0 Å². The molecule has 3 heteroatoms. The summed E-state index contributed by atoms with van der Waals surface area (Å²) in [6.45, 7) is 0. The Morgan fingerprint density at radius 1 is 0.857 bits per heavy atom. The molecule has 0 aliphatic carbocycles. The highest BCUT2D eigenvalue weighted by molar-refractivity contribution is 9.10.